The molecule has 0 aliphatic carbocycles. The first kappa shape index (κ1) is 16.9. The molecule has 0 spiro atoms. The zero-order valence-corrected chi connectivity index (χ0v) is 12.2. The van der Waals surface area contributed by atoms with Crippen molar-refractivity contribution in [2.75, 3.05) is 27.3 Å². The van der Waals surface area contributed by atoms with Crippen LogP contribution in [0, 0.1) is 0 Å². The molecule has 0 bridgehead atoms. The Bertz CT molecular complexity index is 342. The van der Waals surface area contributed by atoms with Gasteiger partial charge in [0.1, 0.15) is 0 Å². The highest BCUT2D eigenvalue weighted by molar-refractivity contribution is 5.85. The number of ether oxygens (including phenoxy) is 2. The molecule has 4 nitrogen and oxygen atoms in total. The third kappa shape index (κ3) is 4.63. The van der Waals surface area contributed by atoms with E-state index in [1.807, 2.05) is 40.1 Å². The molecule has 0 fully saturated rings. The van der Waals surface area contributed by atoms with Crippen LogP contribution in [0.5, 0.6) is 17.2 Å². The van der Waals surface area contributed by atoms with Gasteiger partial charge in [0.25, 0.3) is 0 Å². The van der Waals surface area contributed by atoms with E-state index < -0.39 is 0 Å². The Morgan fingerprint density at radius 3 is 1.83 bits per heavy atom. The number of hydrogen-bond donors (Lipinski definition) is 1. The molecule has 0 aromatic heterocycles. The zero-order chi connectivity index (χ0) is 12.8. The van der Waals surface area contributed by atoms with E-state index in [2.05, 4.69) is 4.90 Å². The van der Waals surface area contributed by atoms with E-state index in [-0.39, 0.29) is 18.2 Å². The Labute approximate surface area is 115 Å². The topological polar surface area (TPSA) is 41.9 Å². The minimum Gasteiger partial charge on any atom is -0.502 e. The highest BCUT2D eigenvalue weighted by Crippen LogP contribution is 2.37. The molecule has 0 unspecified atom stereocenters. The lowest BCUT2D eigenvalue weighted by molar-refractivity contribution is 0.287. The summed E-state index contributed by atoms with van der Waals surface area (Å²) in [5.74, 6) is 1.04. The van der Waals surface area contributed by atoms with Crippen molar-refractivity contribution in [3.05, 3.63) is 17.7 Å². The predicted octanol–water partition coefficient (Wildman–Crippen LogP) is 2.67. The van der Waals surface area contributed by atoms with E-state index in [1.165, 1.54) is 0 Å². The average Bonchev–Trinajstić information content (AvgIpc) is 2.24. The highest BCUT2D eigenvalue weighted by Gasteiger charge is 2.12. The first-order valence-corrected chi connectivity index (χ1v) is 5.84. The minimum absolute atomic E-state index is 0. The van der Waals surface area contributed by atoms with Gasteiger partial charge in [-0.15, -0.1) is 12.4 Å². The molecule has 104 valence electrons. The second kappa shape index (κ2) is 8.06. The van der Waals surface area contributed by atoms with E-state index in [4.69, 9.17) is 9.47 Å². The molecule has 18 heavy (non-hydrogen) atoms. The fourth-order valence-electron chi connectivity index (χ4n) is 1.62. The van der Waals surface area contributed by atoms with E-state index >= 15 is 0 Å². The Kier molecular flexibility index (Phi) is 7.55. The van der Waals surface area contributed by atoms with Crippen molar-refractivity contribution in [1.29, 1.82) is 0 Å². The molecule has 1 N–H and O–H groups in total. The molecule has 0 radical (unpaired) electrons. The van der Waals surface area contributed by atoms with Crippen LogP contribution in [0.4, 0.5) is 0 Å². The summed E-state index contributed by atoms with van der Waals surface area (Å²) in [6, 6.07) is 3.70. The van der Waals surface area contributed by atoms with Crippen LogP contribution in [-0.4, -0.2) is 37.3 Å². The van der Waals surface area contributed by atoms with Crippen LogP contribution in [0.25, 0.3) is 0 Å². The second-order valence-electron chi connectivity index (χ2n) is 4.04. The van der Waals surface area contributed by atoms with Crippen molar-refractivity contribution in [3.8, 4) is 17.2 Å². The predicted molar refractivity (Wildman–Crippen MR) is 75.1 cm³/mol. The number of benzene rings is 1. The summed E-state index contributed by atoms with van der Waals surface area (Å²) in [5, 5.41) is 9.95. The molecule has 0 aliphatic heterocycles. The first-order valence-electron chi connectivity index (χ1n) is 5.84. The Morgan fingerprint density at radius 1 is 1.06 bits per heavy atom. The van der Waals surface area contributed by atoms with Gasteiger partial charge in [0.05, 0.1) is 13.2 Å². The van der Waals surface area contributed by atoms with Crippen LogP contribution < -0.4 is 9.47 Å². The van der Waals surface area contributed by atoms with Crippen LogP contribution in [0.15, 0.2) is 12.1 Å². The maximum absolute atomic E-state index is 9.95. The van der Waals surface area contributed by atoms with Gasteiger partial charge in [-0.05, 0) is 45.6 Å². The van der Waals surface area contributed by atoms with Crippen LogP contribution in [0.3, 0.4) is 0 Å². The van der Waals surface area contributed by atoms with Gasteiger partial charge in [0.15, 0.2) is 11.5 Å². The summed E-state index contributed by atoms with van der Waals surface area (Å²) >= 11 is 0. The van der Waals surface area contributed by atoms with Crippen molar-refractivity contribution in [2.45, 2.75) is 20.4 Å². The monoisotopic (exact) mass is 275 g/mol. The maximum Gasteiger partial charge on any atom is 0.200 e. The lowest BCUT2D eigenvalue weighted by atomic mass is 10.1. The first-order chi connectivity index (χ1) is 8.08. The van der Waals surface area contributed by atoms with Gasteiger partial charge in [-0.3, -0.25) is 0 Å². The van der Waals surface area contributed by atoms with Gasteiger partial charge in [-0.2, -0.15) is 0 Å². The molecule has 5 heteroatoms. The molecule has 1 rings (SSSR count). The van der Waals surface area contributed by atoms with Crippen LogP contribution >= 0.6 is 12.4 Å². The molecular weight excluding hydrogens is 254 g/mol. The minimum atomic E-state index is 0. The largest absolute Gasteiger partial charge is 0.502 e. The fraction of sp³-hybridized carbons (Fsp3) is 0.538. The smallest absolute Gasteiger partial charge is 0.200 e. The number of halogens is 1. The van der Waals surface area contributed by atoms with E-state index in [9.17, 15) is 5.11 Å². The van der Waals surface area contributed by atoms with Gasteiger partial charge in [0.2, 0.25) is 5.75 Å². The van der Waals surface area contributed by atoms with Crippen LogP contribution in [-0.2, 0) is 6.54 Å². The van der Waals surface area contributed by atoms with Gasteiger partial charge < -0.3 is 19.5 Å². The summed E-state index contributed by atoms with van der Waals surface area (Å²) in [7, 11) is 3.99. The van der Waals surface area contributed by atoms with Crippen molar-refractivity contribution >= 4 is 12.4 Å². The van der Waals surface area contributed by atoms with Gasteiger partial charge >= 0.3 is 0 Å². The lowest BCUT2D eigenvalue weighted by Crippen LogP contribution is -2.11. The standard InChI is InChI=1S/C13H21NO3.ClH/c1-5-16-11-7-10(9-14(3)4)8-12(13(11)15)17-6-2;/h7-8,15H,5-6,9H2,1-4H3;1H. The fourth-order valence-corrected chi connectivity index (χ4v) is 1.62. The Morgan fingerprint density at radius 2 is 1.50 bits per heavy atom. The molecule has 0 aliphatic rings. The number of aromatic hydroxyl groups is 1. The van der Waals surface area contributed by atoms with E-state index in [1.54, 1.807) is 0 Å². The van der Waals surface area contributed by atoms with E-state index in [0.717, 1.165) is 12.1 Å². The van der Waals surface area contributed by atoms with Crippen molar-refractivity contribution in [1.82, 2.24) is 4.90 Å². The number of phenolic OH excluding ortho intramolecular Hbond substituents is 1. The van der Waals surface area contributed by atoms with Crippen LogP contribution in [0.2, 0.25) is 0 Å². The summed E-state index contributed by atoms with van der Waals surface area (Å²) < 4.78 is 10.8. The molecule has 0 atom stereocenters. The third-order valence-corrected chi connectivity index (χ3v) is 2.20. The molecular formula is C13H22ClNO3. The van der Waals surface area contributed by atoms with Crippen molar-refractivity contribution in [2.24, 2.45) is 0 Å². The number of rotatable bonds is 6. The van der Waals surface area contributed by atoms with Gasteiger partial charge in [0, 0.05) is 6.54 Å². The number of phenols is 1. The number of nitrogens with zero attached hydrogens (tertiary/aromatic N) is 1. The molecule has 0 amide bonds. The number of hydrogen-bond acceptors (Lipinski definition) is 4. The molecule has 0 saturated carbocycles. The van der Waals surface area contributed by atoms with Gasteiger partial charge in [-0.25, -0.2) is 0 Å². The SMILES string of the molecule is CCOc1cc(CN(C)C)cc(OCC)c1O.Cl. The molecule has 0 saturated heterocycles. The highest BCUT2D eigenvalue weighted by atomic mass is 35.5. The molecule has 1 aromatic carbocycles. The average molecular weight is 276 g/mol. The molecule has 1 aromatic rings. The van der Waals surface area contributed by atoms with Crippen molar-refractivity contribution < 1.29 is 14.6 Å². The maximum atomic E-state index is 9.95. The van der Waals surface area contributed by atoms with Crippen LogP contribution in [0.1, 0.15) is 19.4 Å². The summed E-state index contributed by atoms with van der Waals surface area (Å²) in [6.07, 6.45) is 0. The third-order valence-electron chi connectivity index (χ3n) is 2.20. The zero-order valence-electron chi connectivity index (χ0n) is 11.4. The second-order valence-corrected chi connectivity index (χ2v) is 4.04. The molecule has 0 heterocycles. The summed E-state index contributed by atoms with van der Waals surface area (Å²) in [5.41, 5.74) is 1.06. The lowest BCUT2D eigenvalue weighted by Gasteiger charge is -2.15. The normalized spacial score (nSPS) is 10.1. The summed E-state index contributed by atoms with van der Waals surface area (Å²) in [6.45, 7) is 5.59. The quantitative estimate of drug-likeness (QED) is 0.867. The van der Waals surface area contributed by atoms with Crippen molar-refractivity contribution in [3.63, 3.8) is 0 Å². The Hall–Kier alpha value is -1.13. The van der Waals surface area contributed by atoms with E-state index in [0.29, 0.717) is 24.7 Å². The summed E-state index contributed by atoms with van der Waals surface area (Å²) in [4.78, 5) is 2.05. The van der Waals surface area contributed by atoms with Gasteiger partial charge in [-0.1, -0.05) is 0 Å². The Balaban J connectivity index is 0.00000289.